The van der Waals surface area contributed by atoms with E-state index in [9.17, 15) is 0 Å². The summed E-state index contributed by atoms with van der Waals surface area (Å²) in [7, 11) is 0. The fourth-order valence-corrected chi connectivity index (χ4v) is 5.12. The molecule has 0 atom stereocenters. The molecule has 4 heteroatoms. The number of aromatic nitrogens is 3. The van der Waals surface area contributed by atoms with Crippen molar-refractivity contribution in [2.75, 3.05) is 0 Å². The monoisotopic (exact) mass is 365 g/mol. The third-order valence-corrected chi connectivity index (χ3v) is 6.29. The van der Waals surface area contributed by atoms with Gasteiger partial charge in [-0.2, -0.15) is 0 Å². The lowest BCUT2D eigenvalue weighted by atomic mass is 10.1. The van der Waals surface area contributed by atoms with E-state index in [0.29, 0.717) is 0 Å². The Labute approximate surface area is 159 Å². The van der Waals surface area contributed by atoms with Gasteiger partial charge >= 0.3 is 0 Å². The summed E-state index contributed by atoms with van der Waals surface area (Å²) in [4.78, 5) is 9.40. The van der Waals surface area contributed by atoms with Crippen LogP contribution in [0.2, 0.25) is 0 Å². The molecule has 4 heterocycles. The normalized spacial score (nSPS) is 11.9. The molecule has 0 saturated carbocycles. The molecule has 3 nitrogen and oxygen atoms in total. The van der Waals surface area contributed by atoms with E-state index in [1.165, 1.54) is 36.6 Å². The molecule has 0 spiro atoms. The average molecular weight is 365 g/mol. The summed E-state index contributed by atoms with van der Waals surface area (Å²) in [5.74, 6) is 0.936. The Morgan fingerprint density at radius 3 is 2.67 bits per heavy atom. The van der Waals surface area contributed by atoms with Crippen LogP contribution in [0.1, 0.15) is 5.56 Å². The van der Waals surface area contributed by atoms with Crippen LogP contribution in [-0.4, -0.2) is 14.5 Å². The summed E-state index contributed by atoms with van der Waals surface area (Å²) in [6.07, 6.45) is 3.75. The van der Waals surface area contributed by atoms with Gasteiger partial charge in [0.15, 0.2) is 0 Å². The van der Waals surface area contributed by atoms with Crippen molar-refractivity contribution in [2.24, 2.45) is 0 Å². The molecule has 2 aromatic carbocycles. The number of rotatable bonds is 1. The van der Waals surface area contributed by atoms with Gasteiger partial charge in [0.1, 0.15) is 5.82 Å². The Morgan fingerprint density at radius 2 is 1.74 bits per heavy atom. The average Bonchev–Trinajstić information content (AvgIpc) is 3.23. The van der Waals surface area contributed by atoms with Gasteiger partial charge in [0.05, 0.1) is 16.6 Å². The summed E-state index contributed by atoms with van der Waals surface area (Å²) in [5.41, 5.74) is 4.50. The van der Waals surface area contributed by atoms with Crippen LogP contribution in [0, 0.1) is 6.92 Å². The van der Waals surface area contributed by atoms with Gasteiger partial charge in [0.2, 0.25) is 0 Å². The Morgan fingerprint density at radius 1 is 0.815 bits per heavy atom. The fourth-order valence-electron chi connectivity index (χ4n) is 4.01. The van der Waals surface area contributed by atoms with E-state index < -0.39 is 0 Å². The predicted molar refractivity (Wildman–Crippen MR) is 114 cm³/mol. The van der Waals surface area contributed by atoms with Gasteiger partial charge in [-0.05, 0) is 55.0 Å². The largest absolute Gasteiger partial charge is 0.291 e. The topological polar surface area (TPSA) is 30.7 Å². The van der Waals surface area contributed by atoms with Crippen molar-refractivity contribution in [2.45, 2.75) is 6.92 Å². The molecule has 0 radical (unpaired) electrons. The highest BCUT2D eigenvalue weighted by Crippen LogP contribution is 2.42. The number of fused-ring (bicyclic) bond motifs is 7. The molecular formula is C23H15N3S. The van der Waals surface area contributed by atoms with E-state index in [1.807, 2.05) is 35.9 Å². The van der Waals surface area contributed by atoms with Gasteiger partial charge in [0.25, 0.3) is 0 Å². The molecule has 0 fully saturated rings. The van der Waals surface area contributed by atoms with Gasteiger partial charge in [-0.1, -0.05) is 18.2 Å². The van der Waals surface area contributed by atoms with Crippen molar-refractivity contribution < 1.29 is 0 Å². The number of nitrogens with zero attached hydrogens (tertiary/aromatic N) is 3. The van der Waals surface area contributed by atoms with Gasteiger partial charge in [-0.25, -0.2) is 4.98 Å². The van der Waals surface area contributed by atoms with Gasteiger partial charge in [0, 0.05) is 38.0 Å². The minimum atomic E-state index is 0.936. The second-order valence-corrected chi connectivity index (χ2v) is 7.91. The van der Waals surface area contributed by atoms with Gasteiger partial charge in [-0.3, -0.25) is 9.55 Å². The molecule has 0 aliphatic heterocycles. The lowest BCUT2D eigenvalue weighted by Crippen LogP contribution is -1.97. The molecule has 0 N–H and O–H groups in total. The molecule has 0 bridgehead atoms. The van der Waals surface area contributed by atoms with Crippen molar-refractivity contribution in [3.63, 3.8) is 0 Å². The summed E-state index contributed by atoms with van der Waals surface area (Å²) in [6.45, 7) is 2.10. The first-order valence-corrected chi connectivity index (χ1v) is 9.75. The number of hydrogen-bond acceptors (Lipinski definition) is 3. The maximum atomic E-state index is 4.70. The van der Waals surface area contributed by atoms with Crippen LogP contribution in [0.25, 0.3) is 47.9 Å². The lowest BCUT2D eigenvalue weighted by Gasteiger charge is -2.08. The molecule has 6 rings (SSSR count). The minimum Gasteiger partial charge on any atom is -0.291 e. The van der Waals surface area contributed by atoms with Crippen molar-refractivity contribution >= 4 is 53.4 Å². The Bertz CT molecular complexity index is 1490. The maximum absolute atomic E-state index is 4.70. The van der Waals surface area contributed by atoms with Crippen molar-refractivity contribution in [1.82, 2.24) is 14.5 Å². The van der Waals surface area contributed by atoms with Crippen LogP contribution in [0.5, 0.6) is 0 Å². The smallest absolute Gasteiger partial charge is 0.137 e. The fraction of sp³-hybridized carbons (Fsp3) is 0.0435. The van der Waals surface area contributed by atoms with Crippen LogP contribution in [0.15, 0.2) is 73.1 Å². The molecule has 0 aliphatic carbocycles. The standard InChI is InChI=1S/C23H15N3S/c1-14-10-12-24-20(13-14)26-17-6-4-11-25-22(17)16-8-9-19-21(23(16)26)15-5-2-3-7-18(15)27-19/h2-13H,1H3. The van der Waals surface area contributed by atoms with E-state index in [2.05, 4.69) is 60.0 Å². The van der Waals surface area contributed by atoms with Gasteiger partial charge < -0.3 is 0 Å². The maximum Gasteiger partial charge on any atom is 0.137 e. The molecule has 6 aromatic rings. The highest BCUT2D eigenvalue weighted by molar-refractivity contribution is 7.26. The first-order chi connectivity index (χ1) is 13.3. The SMILES string of the molecule is Cc1ccnc(-n2c3cccnc3c3ccc4sc5ccccc5c4c32)c1. The van der Waals surface area contributed by atoms with Crippen LogP contribution in [0.4, 0.5) is 0 Å². The number of pyridine rings is 2. The number of hydrogen-bond donors (Lipinski definition) is 0. The van der Waals surface area contributed by atoms with Crippen molar-refractivity contribution in [1.29, 1.82) is 0 Å². The summed E-state index contributed by atoms with van der Waals surface area (Å²) in [6, 6.07) is 21.4. The summed E-state index contributed by atoms with van der Waals surface area (Å²) < 4.78 is 4.87. The molecule has 0 unspecified atom stereocenters. The zero-order valence-corrected chi connectivity index (χ0v) is 15.5. The Kier molecular flexibility index (Phi) is 2.96. The molecule has 4 aromatic heterocycles. The first kappa shape index (κ1) is 14.9. The van der Waals surface area contributed by atoms with Crippen molar-refractivity contribution in [3.8, 4) is 5.82 Å². The zero-order chi connectivity index (χ0) is 18.0. The summed E-state index contributed by atoms with van der Waals surface area (Å²) in [5, 5.41) is 3.75. The lowest BCUT2D eigenvalue weighted by molar-refractivity contribution is 1.07. The van der Waals surface area contributed by atoms with Crippen LogP contribution < -0.4 is 0 Å². The van der Waals surface area contributed by atoms with E-state index in [4.69, 9.17) is 9.97 Å². The third kappa shape index (κ3) is 2.02. The molecule has 27 heavy (non-hydrogen) atoms. The molecule has 0 saturated heterocycles. The molecule has 0 amide bonds. The van der Waals surface area contributed by atoms with E-state index in [1.54, 1.807) is 0 Å². The predicted octanol–water partition coefficient (Wildman–Crippen LogP) is 6.25. The molecule has 0 aliphatic rings. The molecule has 128 valence electrons. The van der Waals surface area contributed by atoms with Crippen LogP contribution in [-0.2, 0) is 0 Å². The van der Waals surface area contributed by atoms with E-state index in [0.717, 1.165) is 16.9 Å². The van der Waals surface area contributed by atoms with Crippen LogP contribution in [0.3, 0.4) is 0 Å². The van der Waals surface area contributed by atoms with E-state index in [-0.39, 0.29) is 0 Å². The quantitative estimate of drug-likeness (QED) is 0.345. The molecular weight excluding hydrogens is 350 g/mol. The highest BCUT2D eigenvalue weighted by Gasteiger charge is 2.18. The number of benzene rings is 2. The van der Waals surface area contributed by atoms with Crippen molar-refractivity contribution in [3.05, 3.63) is 78.6 Å². The second-order valence-electron chi connectivity index (χ2n) is 6.83. The second kappa shape index (κ2) is 5.38. The Balaban J connectivity index is 1.94. The van der Waals surface area contributed by atoms with E-state index >= 15 is 0 Å². The zero-order valence-electron chi connectivity index (χ0n) is 14.7. The van der Waals surface area contributed by atoms with Gasteiger partial charge in [-0.15, -0.1) is 11.3 Å². The van der Waals surface area contributed by atoms with Crippen LogP contribution >= 0.6 is 11.3 Å². The number of thiophene rings is 1. The summed E-state index contributed by atoms with van der Waals surface area (Å²) >= 11 is 1.84. The Hall–Kier alpha value is -3.24. The first-order valence-electron chi connectivity index (χ1n) is 8.94. The minimum absolute atomic E-state index is 0.936. The highest BCUT2D eigenvalue weighted by atomic mass is 32.1. The third-order valence-electron chi connectivity index (χ3n) is 5.15. The number of aryl methyl sites for hydroxylation is 1.